The molecule has 76 valence electrons. The van der Waals surface area contributed by atoms with Crippen molar-refractivity contribution in [2.24, 2.45) is 7.05 Å². The first-order valence-electron chi connectivity index (χ1n) is 4.71. The van der Waals surface area contributed by atoms with E-state index in [0.717, 1.165) is 25.1 Å². The lowest BCUT2D eigenvalue weighted by Crippen LogP contribution is -2.27. The Morgan fingerprint density at radius 3 is 3.14 bits per heavy atom. The Kier molecular flexibility index (Phi) is 2.25. The van der Waals surface area contributed by atoms with Gasteiger partial charge in [0.15, 0.2) is 5.69 Å². The number of aromatic nitrogens is 2. The number of carbonyl (C=O) groups is 1. The maximum Gasteiger partial charge on any atom is 0.271 e. The molecule has 1 aliphatic heterocycles. The molecule has 5 nitrogen and oxygen atoms in total. The van der Waals surface area contributed by atoms with E-state index in [1.807, 2.05) is 7.05 Å². The SMILES string of the molecule is CNC(=O)c1nn(C)c2c1CNCC2. The number of rotatable bonds is 1. The third-order valence-electron chi connectivity index (χ3n) is 2.56. The number of hydrogen-bond donors (Lipinski definition) is 2. The van der Waals surface area contributed by atoms with Crippen LogP contribution in [0, 0.1) is 0 Å². The van der Waals surface area contributed by atoms with Gasteiger partial charge in [-0.15, -0.1) is 0 Å². The van der Waals surface area contributed by atoms with Gasteiger partial charge in [0.2, 0.25) is 0 Å². The molecular weight excluding hydrogens is 180 g/mol. The summed E-state index contributed by atoms with van der Waals surface area (Å²) in [6.07, 6.45) is 0.940. The van der Waals surface area contributed by atoms with Crippen molar-refractivity contribution < 1.29 is 4.79 Å². The minimum Gasteiger partial charge on any atom is -0.354 e. The van der Waals surface area contributed by atoms with Crippen LogP contribution >= 0.6 is 0 Å². The first kappa shape index (κ1) is 9.21. The number of amides is 1. The molecule has 2 heterocycles. The van der Waals surface area contributed by atoms with E-state index in [4.69, 9.17) is 0 Å². The van der Waals surface area contributed by atoms with Crippen LogP contribution in [0.15, 0.2) is 0 Å². The number of nitrogens with one attached hydrogen (secondary N) is 2. The summed E-state index contributed by atoms with van der Waals surface area (Å²) in [5, 5.41) is 10.1. The Morgan fingerprint density at radius 1 is 1.64 bits per heavy atom. The second kappa shape index (κ2) is 3.42. The molecule has 2 N–H and O–H groups in total. The fourth-order valence-electron chi connectivity index (χ4n) is 1.82. The Morgan fingerprint density at radius 2 is 2.43 bits per heavy atom. The molecule has 1 amide bonds. The number of hydrogen-bond acceptors (Lipinski definition) is 3. The highest BCUT2D eigenvalue weighted by Gasteiger charge is 2.22. The molecule has 5 heteroatoms. The van der Waals surface area contributed by atoms with Gasteiger partial charge < -0.3 is 10.6 Å². The van der Waals surface area contributed by atoms with Gasteiger partial charge in [-0.25, -0.2) is 0 Å². The highest BCUT2D eigenvalue weighted by molar-refractivity contribution is 5.93. The molecule has 0 atom stereocenters. The zero-order valence-electron chi connectivity index (χ0n) is 8.42. The molecule has 0 aromatic carbocycles. The van der Waals surface area contributed by atoms with E-state index in [-0.39, 0.29) is 5.91 Å². The van der Waals surface area contributed by atoms with E-state index >= 15 is 0 Å². The summed E-state index contributed by atoms with van der Waals surface area (Å²) in [4.78, 5) is 11.5. The van der Waals surface area contributed by atoms with Crippen molar-refractivity contribution in [1.29, 1.82) is 0 Å². The first-order chi connectivity index (χ1) is 6.74. The second-order valence-corrected chi connectivity index (χ2v) is 3.40. The van der Waals surface area contributed by atoms with E-state index in [2.05, 4.69) is 15.7 Å². The quantitative estimate of drug-likeness (QED) is 0.629. The fraction of sp³-hybridized carbons (Fsp3) is 0.556. The van der Waals surface area contributed by atoms with Crippen LogP contribution in [0.1, 0.15) is 21.7 Å². The van der Waals surface area contributed by atoms with Crippen molar-refractivity contribution in [3.63, 3.8) is 0 Å². The van der Waals surface area contributed by atoms with E-state index in [1.165, 1.54) is 5.69 Å². The van der Waals surface area contributed by atoms with Crippen LogP contribution in [0.5, 0.6) is 0 Å². The Bertz CT molecular complexity index is 369. The smallest absolute Gasteiger partial charge is 0.271 e. The summed E-state index contributed by atoms with van der Waals surface area (Å²) in [7, 11) is 3.51. The average Bonchev–Trinajstić information content (AvgIpc) is 2.56. The van der Waals surface area contributed by atoms with Crippen LogP contribution in [-0.2, 0) is 20.0 Å². The Hall–Kier alpha value is -1.36. The van der Waals surface area contributed by atoms with Gasteiger partial charge in [-0.2, -0.15) is 5.10 Å². The van der Waals surface area contributed by atoms with Crippen LogP contribution in [0.2, 0.25) is 0 Å². The Balaban J connectivity index is 2.46. The predicted molar refractivity (Wildman–Crippen MR) is 52.0 cm³/mol. The van der Waals surface area contributed by atoms with Gasteiger partial charge >= 0.3 is 0 Å². The van der Waals surface area contributed by atoms with E-state index < -0.39 is 0 Å². The maximum absolute atomic E-state index is 11.5. The number of aryl methyl sites for hydroxylation is 1. The molecule has 1 aliphatic rings. The van der Waals surface area contributed by atoms with Gasteiger partial charge in [0, 0.05) is 44.9 Å². The minimum absolute atomic E-state index is 0.106. The standard InChI is InChI=1S/C9H14N4O/c1-10-9(14)8-6-5-11-4-3-7(6)13(2)12-8/h11H,3-5H2,1-2H3,(H,10,14). The summed E-state index contributed by atoms with van der Waals surface area (Å²) in [6, 6.07) is 0. The highest BCUT2D eigenvalue weighted by Crippen LogP contribution is 2.17. The third-order valence-corrected chi connectivity index (χ3v) is 2.56. The van der Waals surface area contributed by atoms with Gasteiger partial charge in [-0.1, -0.05) is 0 Å². The lowest BCUT2D eigenvalue weighted by Gasteiger charge is -2.13. The van der Waals surface area contributed by atoms with E-state index in [1.54, 1.807) is 11.7 Å². The van der Waals surface area contributed by atoms with Gasteiger partial charge in [-0.3, -0.25) is 9.48 Å². The van der Waals surface area contributed by atoms with E-state index in [0.29, 0.717) is 5.69 Å². The monoisotopic (exact) mass is 194 g/mol. The van der Waals surface area contributed by atoms with Crippen LogP contribution in [0.4, 0.5) is 0 Å². The van der Waals surface area contributed by atoms with Crippen LogP contribution in [0.25, 0.3) is 0 Å². The summed E-state index contributed by atoms with van der Waals surface area (Å²) >= 11 is 0. The molecule has 0 saturated carbocycles. The largest absolute Gasteiger partial charge is 0.354 e. The number of fused-ring (bicyclic) bond motifs is 1. The summed E-state index contributed by atoms with van der Waals surface area (Å²) in [5.41, 5.74) is 2.76. The fourth-order valence-corrected chi connectivity index (χ4v) is 1.82. The molecular formula is C9H14N4O. The van der Waals surface area contributed by atoms with Crippen molar-refractivity contribution in [2.75, 3.05) is 13.6 Å². The zero-order valence-corrected chi connectivity index (χ0v) is 8.42. The van der Waals surface area contributed by atoms with Gasteiger partial charge in [0.1, 0.15) is 0 Å². The molecule has 1 aromatic heterocycles. The molecule has 0 bridgehead atoms. The molecule has 0 fully saturated rings. The molecule has 1 aromatic rings. The first-order valence-corrected chi connectivity index (χ1v) is 4.71. The van der Waals surface area contributed by atoms with Crippen LogP contribution in [0.3, 0.4) is 0 Å². The van der Waals surface area contributed by atoms with Crippen molar-refractivity contribution in [3.05, 3.63) is 17.0 Å². The molecule has 0 unspecified atom stereocenters. The average molecular weight is 194 g/mol. The molecule has 0 radical (unpaired) electrons. The van der Waals surface area contributed by atoms with Crippen molar-refractivity contribution in [2.45, 2.75) is 13.0 Å². The summed E-state index contributed by atoms with van der Waals surface area (Å²) in [5.74, 6) is -0.106. The highest BCUT2D eigenvalue weighted by atomic mass is 16.1. The lowest BCUT2D eigenvalue weighted by atomic mass is 10.1. The van der Waals surface area contributed by atoms with Crippen LogP contribution in [-0.4, -0.2) is 29.3 Å². The summed E-state index contributed by atoms with van der Waals surface area (Å²) < 4.78 is 1.81. The maximum atomic E-state index is 11.5. The van der Waals surface area contributed by atoms with Crippen molar-refractivity contribution >= 4 is 5.91 Å². The lowest BCUT2D eigenvalue weighted by molar-refractivity contribution is 0.0956. The molecule has 2 rings (SSSR count). The van der Waals surface area contributed by atoms with Crippen molar-refractivity contribution in [1.82, 2.24) is 20.4 Å². The molecule has 0 saturated heterocycles. The minimum atomic E-state index is -0.106. The van der Waals surface area contributed by atoms with Crippen molar-refractivity contribution in [3.8, 4) is 0 Å². The van der Waals surface area contributed by atoms with Gasteiger partial charge in [0.05, 0.1) is 0 Å². The second-order valence-electron chi connectivity index (χ2n) is 3.40. The Labute approximate surface area is 82.5 Å². The van der Waals surface area contributed by atoms with Gasteiger partial charge in [-0.05, 0) is 0 Å². The molecule has 14 heavy (non-hydrogen) atoms. The third kappa shape index (κ3) is 1.29. The summed E-state index contributed by atoms with van der Waals surface area (Å²) in [6.45, 7) is 1.70. The number of carbonyl (C=O) groups excluding carboxylic acids is 1. The molecule has 0 aliphatic carbocycles. The van der Waals surface area contributed by atoms with Gasteiger partial charge in [0.25, 0.3) is 5.91 Å². The predicted octanol–water partition coefficient (Wildman–Crippen LogP) is -0.575. The zero-order chi connectivity index (χ0) is 10.1. The molecule has 0 spiro atoms. The topological polar surface area (TPSA) is 59.0 Å². The number of nitrogens with zero attached hydrogens (tertiary/aromatic N) is 2. The van der Waals surface area contributed by atoms with Crippen LogP contribution < -0.4 is 10.6 Å². The normalized spacial score (nSPS) is 15.0. The van der Waals surface area contributed by atoms with E-state index in [9.17, 15) is 4.79 Å².